The molecule has 0 saturated carbocycles. The summed E-state index contributed by atoms with van der Waals surface area (Å²) in [5.41, 5.74) is -0.0399. The third-order valence-corrected chi connectivity index (χ3v) is 8.00. The molecule has 5 rings (SSSR count). The van der Waals surface area contributed by atoms with Crippen LogP contribution in [0, 0.1) is 29.1 Å². The summed E-state index contributed by atoms with van der Waals surface area (Å²) in [6.45, 7) is 0. The fraction of sp³-hybridized carbons (Fsp3) is 0.0278. The van der Waals surface area contributed by atoms with Crippen LogP contribution in [0.15, 0.2) is 126 Å². The molecule has 5 aromatic rings. The number of carbonyl (C=O) groups excluding carboxylic acids is 3. The van der Waals surface area contributed by atoms with Crippen molar-refractivity contribution in [1.29, 1.82) is 0 Å². The molecule has 0 saturated heterocycles. The summed E-state index contributed by atoms with van der Waals surface area (Å²) in [6, 6.07) is 27.9. The van der Waals surface area contributed by atoms with Crippen LogP contribution < -0.4 is 16.0 Å². The molecule has 0 fully saturated rings. The van der Waals surface area contributed by atoms with Crippen molar-refractivity contribution in [3.63, 3.8) is 0 Å². The van der Waals surface area contributed by atoms with Gasteiger partial charge in [0.15, 0.2) is 23.3 Å². The maximum absolute atomic E-state index is 14.4. The Morgan fingerprint density at radius 3 is 1.94 bits per heavy atom. The van der Waals surface area contributed by atoms with Crippen molar-refractivity contribution in [3.8, 4) is 0 Å². The van der Waals surface area contributed by atoms with Crippen molar-refractivity contribution < 1.29 is 36.3 Å². The van der Waals surface area contributed by atoms with Gasteiger partial charge in [0.25, 0.3) is 11.8 Å². The van der Waals surface area contributed by atoms with Crippen LogP contribution in [-0.2, 0) is 9.59 Å². The number of anilines is 2. The highest BCUT2D eigenvalue weighted by atomic mass is 32.2. The maximum atomic E-state index is 14.4. The smallest absolute Gasteiger partial charge is 0.272 e. The molecule has 3 amide bonds. The first-order chi connectivity index (χ1) is 23.1. The predicted octanol–water partition coefficient (Wildman–Crippen LogP) is 8.26. The van der Waals surface area contributed by atoms with Crippen molar-refractivity contribution in [1.82, 2.24) is 5.32 Å². The number of amides is 3. The largest absolute Gasteiger partial charge is 0.321 e. The second kappa shape index (κ2) is 15.2. The molecule has 0 aliphatic rings. The molecule has 0 aliphatic heterocycles. The summed E-state index contributed by atoms with van der Waals surface area (Å²) in [7, 11) is 0. The SMILES string of the molecule is O=C(Nc1cccc(SC(C(=O)Nc2c(F)c(F)cc(F)c2F)c2ccccc2)c1)/C(=C\c1ccc(F)cc1)NC(=O)c1ccccc1. The molecule has 6 nitrogen and oxygen atoms in total. The van der Waals surface area contributed by atoms with Gasteiger partial charge in [-0.3, -0.25) is 14.4 Å². The van der Waals surface area contributed by atoms with Crippen LogP contribution in [0.2, 0.25) is 0 Å². The average Bonchev–Trinajstić information content (AvgIpc) is 3.09. The van der Waals surface area contributed by atoms with E-state index in [1.165, 1.54) is 36.4 Å². The molecule has 242 valence electrons. The van der Waals surface area contributed by atoms with Crippen molar-refractivity contribution in [2.75, 3.05) is 10.6 Å². The molecule has 0 aliphatic carbocycles. The molecule has 1 atom stereocenters. The second-order valence-corrected chi connectivity index (χ2v) is 11.3. The van der Waals surface area contributed by atoms with Gasteiger partial charge in [-0.15, -0.1) is 11.8 Å². The Hall–Kier alpha value is -5.75. The summed E-state index contributed by atoms with van der Waals surface area (Å²) in [4.78, 5) is 40.2. The van der Waals surface area contributed by atoms with E-state index < -0.39 is 57.7 Å². The Morgan fingerprint density at radius 2 is 1.29 bits per heavy atom. The van der Waals surface area contributed by atoms with Gasteiger partial charge in [-0.25, -0.2) is 22.0 Å². The van der Waals surface area contributed by atoms with Gasteiger partial charge in [-0.05, 0) is 59.7 Å². The molecule has 5 aromatic carbocycles. The van der Waals surface area contributed by atoms with E-state index in [1.807, 2.05) is 5.32 Å². The topological polar surface area (TPSA) is 87.3 Å². The monoisotopic (exact) mass is 673 g/mol. The van der Waals surface area contributed by atoms with Crippen LogP contribution in [0.4, 0.5) is 33.3 Å². The van der Waals surface area contributed by atoms with Crippen LogP contribution in [-0.4, -0.2) is 17.7 Å². The zero-order chi connectivity index (χ0) is 34.2. The number of rotatable bonds is 10. The fourth-order valence-electron chi connectivity index (χ4n) is 4.42. The number of thioether (sulfide) groups is 1. The summed E-state index contributed by atoms with van der Waals surface area (Å²) < 4.78 is 69.9. The van der Waals surface area contributed by atoms with Gasteiger partial charge in [-0.1, -0.05) is 66.7 Å². The lowest BCUT2D eigenvalue weighted by Gasteiger charge is -2.18. The standard InChI is InChI=1S/C36H24F5N3O3S/c37-24-16-14-21(15-17-24)18-29(43-34(45)23-10-5-2-6-11-23)35(46)42-25-12-7-13-26(19-25)48-33(22-8-3-1-4-9-22)36(47)44-32-30(40)27(38)20-28(39)31(32)41/h1-20,33H,(H,42,46)(H,43,45)(H,44,47)/b29-18+. The maximum Gasteiger partial charge on any atom is 0.272 e. The third-order valence-electron chi connectivity index (χ3n) is 6.76. The van der Waals surface area contributed by atoms with Gasteiger partial charge < -0.3 is 16.0 Å². The van der Waals surface area contributed by atoms with E-state index in [0.29, 0.717) is 21.6 Å². The number of hydrogen-bond acceptors (Lipinski definition) is 4. The Labute approximate surface area is 275 Å². The zero-order valence-corrected chi connectivity index (χ0v) is 25.5. The summed E-state index contributed by atoms with van der Waals surface area (Å²) in [5, 5.41) is 6.07. The molecule has 48 heavy (non-hydrogen) atoms. The Balaban J connectivity index is 1.40. The van der Waals surface area contributed by atoms with Gasteiger partial charge in [0, 0.05) is 22.2 Å². The lowest BCUT2D eigenvalue weighted by Crippen LogP contribution is -2.30. The third kappa shape index (κ3) is 8.34. The minimum absolute atomic E-state index is 0.0386. The number of carbonyl (C=O) groups is 3. The highest BCUT2D eigenvalue weighted by Crippen LogP contribution is 2.38. The predicted molar refractivity (Wildman–Crippen MR) is 173 cm³/mol. The highest BCUT2D eigenvalue weighted by molar-refractivity contribution is 8.00. The van der Waals surface area contributed by atoms with Crippen molar-refractivity contribution in [2.24, 2.45) is 0 Å². The lowest BCUT2D eigenvalue weighted by atomic mass is 10.1. The van der Waals surface area contributed by atoms with Crippen molar-refractivity contribution in [3.05, 3.63) is 167 Å². The van der Waals surface area contributed by atoms with Gasteiger partial charge in [0.1, 0.15) is 22.5 Å². The van der Waals surface area contributed by atoms with E-state index in [1.54, 1.807) is 78.9 Å². The second-order valence-electron chi connectivity index (χ2n) is 10.2. The van der Waals surface area contributed by atoms with E-state index in [9.17, 15) is 36.3 Å². The van der Waals surface area contributed by atoms with Crippen LogP contribution in [0.5, 0.6) is 0 Å². The van der Waals surface area contributed by atoms with Crippen LogP contribution in [0.3, 0.4) is 0 Å². The van der Waals surface area contributed by atoms with E-state index in [2.05, 4.69) is 10.6 Å². The average molecular weight is 674 g/mol. The molecular formula is C36H24F5N3O3S. The first kappa shape index (κ1) is 33.6. The minimum Gasteiger partial charge on any atom is -0.321 e. The Kier molecular flexibility index (Phi) is 10.7. The number of hydrogen-bond donors (Lipinski definition) is 3. The molecule has 0 aromatic heterocycles. The van der Waals surface area contributed by atoms with E-state index in [4.69, 9.17) is 0 Å². The Bertz CT molecular complexity index is 1970. The highest BCUT2D eigenvalue weighted by Gasteiger charge is 2.27. The molecule has 0 heterocycles. The molecular weight excluding hydrogens is 649 g/mol. The fourth-order valence-corrected chi connectivity index (χ4v) is 5.51. The zero-order valence-electron chi connectivity index (χ0n) is 24.6. The Morgan fingerprint density at radius 1 is 0.667 bits per heavy atom. The molecule has 12 heteroatoms. The van der Waals surface area contributed by atoms with E-state index in [-0.39, 0.29) is 17.5 Å². The van der Waals surface area contributed by atoms with Gasteiger partial charge in [-0.2, -0.15) is 0 Å². The molecule has 0 spiro atoms. The number of benzene rings is 5. The first-order valence-electron chi connectivity index (χ1n) is 14.2. The lowest BCUT2D eigenvalue weighted by molar-refractivity contribution is -0.116. The number of halogens is 5. The van der Waals surface area contributed by atoms with Crippen LogP contribution >= 0.6 is 11.8 Å². The van der Waals surface area contributed by atoms with Gasteiger partial charge in [0.2, 0.25) is 5.91 Å². The number of nitrogens with one attached hydrogen (secondary N) is 3. The van der Waals surface area contributed by atoms with E-state index in [0.717, 1.165) is 11.8 Å². The summed E-state index contributed by atoms with van der Waals surface area (Å²) in [6.07, 6.45) is 1.37. The molecule has 1 unspecified atom stereocenters. The van der Waals surface area contributed by atoms with Crippen molar-refractivity contribution in [2.45, 2.75) is 10.1 Å². The molecule has 0 radical (unpaired) electrons. The van der Waals surface area contributed by atoms with Crippen LogP contribution in [0.25, 0.3) is 6.08 Å². The molecule has 0 bridgehead atoms. The van der Waals surface area contributed by atoms with E-state index >= 15 is 0 Å². The van der Waals surface area contributed by atoms with Crippen LogP contribution in [0.1, 0.15) is 26.7 Å². The minimum atomic E-state index is -1.76. The summed E-state index contributed by atoms with van der Waals surface area (Å²) >= 11 is 0.935. The normalized spacial score (nSPS) is 11.8. The summed E-state index contributed by atoms with van der Waals surface area (Å²) in [5.74, 6) is -9.61. The molecule has 3 N–H and O–H groups in total. The van der Waals surface area contributed by atoms with Gasteiger partial charge >= 0.3 is 0 Å². The van der Waals surface area contributed by atoms with Crippen molar-refractivity contribution >= 4 is 46.9 Å². The van der Waals surface area contributed by atoms with Gasteiger partial charge in [0.05, 0.1) is 0 Å². The quantitative estimate of drug-likeness (QED) is 0.0603. The first-order valence-corrected chi connectivity index (χ1v) is 15.1.